The highest BCUT2D eigenvalue weighted by Crippen LogP contribution is 2.25. The van der Waals surface area contributed by atoms with E-state index >= 15 is 0 Å². The zero-order chi connectivity index (χ0) is 11.6. The minimum atomic E-state index is -2.81. The van der Waals surface area contributed by atoms with E-state index < -0.39 is 9.84 Å². The maximum Gasteiger partial charge on any atom is 0.152 e. The summed E-state index contributed by atoms with van der Waals surface area (Å²) >= 11 is 1.68. The maximum atomic E-state index is 11.3. The van der Waals surface area contributed by atoms with E-state index in [-0.39, 0.29) is 17.5 Å². The molecule has 0 radical (unpaired) electrons. The second-order valence-corrected chi connectivity index (χ2v) is 7.24. The van der Waals surface area contributed by atoms with Crippen LogP contribution in [0, 0.1) is 0 Å². The third kappa shape index (κ3) is 2.63. The highest BCUT2D eigenvalue weighted by atomic mass is 32.2. The average Bonchev–Trinajstić information content (AvgIpc) is 2.75. The van der Waals surface area contributed by atoms with E-state index in [1.165, 1.54) is 4.88 Å². The van der Waals surface area contributed by atoms with Crippen molar-refractivity contribution in [1.82, 2.24) is 4.90 Å². The first kappa shape index (κ1) is 12.0. The Morgan fingerprint density at radius 2 is 2.12 bits per heavy atom. The third-order valence-electron chi connectivity index (χ3n) is 2.91. The van der Waals surface area contributed by atoms with Gasteiger partial charge in [-0.1, -0.05) is 6.07 Å². The number of rotatable bonds is 3. The molecule has 4 nitrogen and oxygen atoms in total. The molecular formula is C10H16N2O2S2. The maximum absolute atomic E-state index is 11.3. The lowest BCUT2D eigenvalue weighted by Crippen LogP contribution is -2.44. The summed E-state index contributed by atoms with van der Waals surface area (Å²) in [6.07, 6.45) is 0. The minimum Gasteiger partial charge on any atom is -0.329 e. The van der Waals surface area contributed by atoms with Crippen molar-refractivity contribution in [1.29, 1.82) is 0 Å². The molecule has 6 heteroatoms. The zero-order valence-electron chi connectivity index (χ0n) is 9.00. The van der Waals surface area contributed by atoms with E-state index in [9.17, 15) is 8.42 Å². The fourth-order valence-corrected chi connectivity index (χ4v) is 4.07. The summed E-state index contributed by atoms with van der Waals surface area (Å²) in [5.74, 6) is 0.518. The summed E-state index contributed by atoms with van der Waals surface area (Å²) < 4.78 is 22.7. The van der Waals surface area contributed by atoms with Crippen LogP contribution >= 0.6 is 11.3 Å². The molecule has 1 unspecified atom stereocenters. The number of sulfone groups is 1. The van der Waals surface area contributed by atoms with E-state index in [0.717, 1.165) is 0 Å². The van der Waals surface area contributed by atoms with Gasteiger partial charge in [0.15, 0.2) is 9.84 Å². The second kappa shape index (κ2) is 4.83. The van der Waals surface area contributed by atoms with E-state index in [2.05, 4.69) is 11.0 Å². The zero-order valence-corrected chi connectivity index (χ0v) is 10.6. The van der Waals surface area contributed by atoms with Crippen molar-refractivity contribution in [3.8, 4) is 0 Å². The van der Waals surface area contributed by atoms with Crippen molar-refractivity contribution >= 4 is 21.2 Å². The van der Waals surface area contributed by atoms with Crippen molar-refractivity contribution in [2.45, 2.75) is 6.04 Å². The van der Waals surface area contributed by atoms with Crippen LogP contribution in [0.5, 0.6) is 0 Å². The van der Waals surface area contributed by atoms with E-state index in [4.69, 9.17) is 5.73 Å². The molecule has 0 amide bonds. The predicted octanol–water partition coefficient (Wildman–Crippen LogP) is 0.478. The highest BCUT2D eigenvalue weighted by Gasteiger charge is 2.27. The molecule has 2 rings (SSSR count). The van der Waals surface area contributed by atoms with Gasteiger partial charge in [0.05, 0.1) is 17.5 Å². The summed E-state index contributed by atoms with van der Waals surface area (Å²) in [7, 11) is -2.81. The normalized spacial score (nSPS) is 23.1. The monoisotopic (exact) mass is 260 g/mol. The fourth-order valence-electron chi connectivity index (χ4n) is 1.96. The highest BCUT2D eigenvalue weighted by molar-refractivity contribution is 7.91. The number of hydrogen-bond donors (Lipinski definition) is 1. The molecule has 1 saturated heterocycles. The lowest BCUT2D eigenvalue weighted by Gasteiger charge is -2.33. The van der Waals surface area contributed by atoms with Gasteiger partial charge in [-0.05, 0) is 11.4 Å². The van der Waals surface area contributed by atoms with Crippen LogP contribution in [-0.2, 0) is 9.84 Å². The van der Waals surface area contributed by atoms with Crippen LogP contribution in [0.4, 0.5) is 0 Å². The lowest BCUT2D eigenvalue weighted by atomic mass is 10.2. The van der Waals surface area contributed by atoms with Gasteiger partial charge < -0.3 is 5.73 Å². The van der Waals surface area contributed by atoms with Crippen LogP contribution in [0.2, 0.25) is 0 Å². The molecule has 90 valence electrons. The van der Waals surface area contributed by atoms with Gasteiger partial charge in [-0.3, -0.25) is 4.90 Å². The predicted molar refractivity (Wildman–Crippen MR) is 66.3 cm³/mol. The van der Waals surface area contributed by atoms with E-state index in [1.807, 2.05) is 11.4 Å². The molecule has 16 heavy (non-hydrogen) atoms. The van der Waals surface area contributed by atoms with Crippen LogP contribution in [0.15, 0.2) is 17.5 Å². The molecule has 0 aromatic carbocycles. The summed E-state index contributed by atoms with van der Waals surface area (Å²) in [6, 6.07) is 4.24. The Labute approximate surface area is 100.0 Å². The quantitative estimate of drug-likeness (QED) is 0.858. The van der Waals surface area contributed by atoms with Crippen molar-refractivity contribution in [3.05, 3.63) is 22.4 Å². The van der Waals surface area contributed by atoms with Crippen LogP contribution < -0.4 is 5.73 Å². The Hall–Kier alpha value is -0.430. The molecule has 0 saturated carbocycles. The number of nitrogens with two attached hydrogens (primary N) is 1. The molecule has 1 atom stereocenters. The van der Waals surface area contributed by atoms with Crippen molar-refractivity contribution < 1.29 is 8.42 Å². The Morgan fingerprint density at radius 1 is 1.44 bits per heavy atom. The molecule has 0 bridgehead atoms. The number of thiophene rings is 1. The Kier molecular flexibility index (Phi) is 3.63. The van der Waals surface area contributed by atoms with E-state index in [1.54, 1.807) is 11.3 Å². The average molecular weight is 260 g/mol. The van der Waals surface area contributed by atoms with Crippen LogP contribution in [0.25, 0.3) is 0 Å². The van der Waals surface area contributed by atoms with Gasteiger partial charge in [0, 0.05) is 24.5 Å². The molecule has 0 aliphatic carbocycles. The van der Waals surface area contributed by atoms with E-state index in [0.29, 0.717) is 19.6 Å². The molecule has 1 aliphatic rings. The first-order chi connectivity index (χ1) is 7.62. The van der Waals surface area contributed by atoms with Gasteiger partial charge in [-0.25, -0.2) is 8.42 Å². The Balaban J connectivity index is 2.07. The minimum absolute atomic E-state index is 0.176. The first-order valence-corrected chi connectivity index (χ1v) is 8.00. The molecule has 1 aromatic heterocycles. The fraction of sp³-hybridized carbons (Fsp3) is 0.600. The van der Waals surface area contributed by atoms with Gasteiger partial charge in [-0.15, -0.1) is 11.3 Å². The van der Waals surface area contributed by atoms with Gasteiger partial charge in [0.25, 0.3) is 0 Å². The third-order valence-corrected chi connectivity index (χ3v) is 5.50. The Morgan fingerprint density at radius 3 is 2.62 bits per heavy atom. The first-order valence-electron chi connectivity index (χ1n) is 5.30. The summed E-state index contributed by atoms with van der Waals surface area (Å²) in [4.78, 5) is 3.40. The van der Waals surface area contributed by atoms with Crippen LogP contribution in [0.3, 0.4) is 0 Å². The van der Waals surface area contributed by atoms with Gasteiger partial charge in [-0.2, -0.15) is 0 Å². The van der Waals surface area contributed by atoms with Crippen molar-refractivity contribution in [2.24, 2.45) is 5.73 Å². The topological polar surface area (TPSA) is 63.4 Å². The van der Waals surface area contributed by atoms with Crippen molar-refractivity contribution in [3.63, 3.8) is 0 Å². The SMILES string of the molecule is NCC(c1cccs1)N1CCS(=O)(=O)CC1. The summed E-state index contributed by atoms with van der Waals surface area (Å²) in [5.41, 5.74) is 5.78. The molecule has 2 N–H and O–H groups in total. The summed E-state index contributed by atoms with van der Waals surface area (Å²) in [6.45, 7) is 1.74. The molecule has 1 aromatic rings. The standard InChI is InChI=1S/C10H16N2O2S2/c11-8-9(10-2-1-5-15-10)12-3-6-16(13,14)7-4-12/h1-2,5,9H,3-4,6-8,11H2. The molecule has 1 aliphatic heterocycles. The largest absolute Gasteiger partial charge is 0.329 e. The second-order valence-electron chi connectivity index (χ2n) is 3.95. The van der Waals surface area contributed by atoms with Crippen LogP contribution in [0.1, 0.15) is 10.9 Å². The van der Waals surface area contributed by atoms with Gasteiger partial charge >= 0.3 is 0 Å². The summed E-state index contributed by atoms with van der Waals surface area (Å²) in [5, 5.41) is 2.03. The lowest BCUT2D eigenvalue weighted by molar-refractivity contribution is 0.222. The molecule has 2 heterocycles. The Bertz CT molecular complexity index is 414. The van der Waals surface area contributed by atoms with Gasteiger partial charge in [0.2, 0.25) is 0 Å². The van der Waals surface area contributed by atoms with Crippen LogP contribution in [-0.4, -0.2) is 44.5 Å². The molecular weight excluding hydrogens is 244 g/mol. The molecule has 1 fully saturated rings. The smallest absolute Gasteiger partial charge is 0.152 e. The number of nitrogens with zero attached hydrogens (tertiary/aromatic N) is 1. The van der Waals surface area contributed by atoms with Crippen molar-refractivity contribution in [2.75, 3.05) is 31.1 Å². The molecule has 0 spiro atoms. The van der Waals surface area contributed by atoms with Gasteiger partial charge in [0.1, 0.15) is 0 Å². The number of hydrogen-bond acceptors (Lipinski definition) is 5.